The van der Waals surface area contributed by atoms with E-state index in [1.807, 2.05) is 19.1 Å². The molecule has 0 spiro atoms. The lowest BCUT2D eigenvalue weighted by molar-refractivity contribution is 0.0925. The van der Waals surface area contributed by atoms with Gasteiger partial charge in [0.25, 0.3) is 5.91 Å². The number of nitrogens with zero attached hydrogens (tertiary/aromatic N) is 3. The molecular weight excluding hydrogens is 284 g/mol. The minimum Gasteiger partial charge on any atom is -0.497 e. The molecule has 3 rings (SSSR count). The molecule has 0 aliphatic rings. The second-order valence-electron chi connectivity index (χ2n) is 4.83. The Morgan fingerprint density at radius 1 is 1.45 bits per heavy atom. The van der Waals surface area contributed by atoms with Crippen LogP contribution in [0.15, 0.2) is 35.3 Å². The third-order valence-electron chi connectivity index (χ3n) is 3.44. The zero-order valence-electron chi connectivity index (χ0n) is 12.4. The molecule has 0 unspecified atom stereocenters. The van der Waals surface area contributed by atoms with Crippen molar-refractivity contribution < 1.29 is 13.9 Å². The number of methoxy groups -OCH3 is 1. The Bertz CT molecular complexity index is 793. The molecule has 0 fully saturated rings. The van der Waals surface area contributed by atoms with Gasteiger partial charge in [0.05, 0.1) is 13.7 Å². The topological polar surface area (TPSA) is 82.2 Å². The highest BCUT2D eigenvalue weighted by Crippen LogP contribution is 2.28. The van der Waals surface area contributed by atoms with Gasteiger partial charge in [0, 0.05) is 23.6 Å². The summed E-state index contributed by atoms with van der Waals surface area (Å²) in [6.45, 7) is 2.87. The van der Waals surface area contributed by atoms with E-state index in [0.29, 0.717) is 30.2 Å². The van der Waals surface area contributed by atoms with Crippen LogP contribution in [0.4, 0.5) is 0 Å². The molecule has 3 aromatic rings. The van der Waals surface area contributed by atoms with Crippen LogP contribution in [0.5, 0.6) is 5.75 Å². The zero-order valence-corrected chi connectivity index (χ0v) is 12.4. The fourth-order valence-electron chi connectivity index (χ4n) is 2.26. The monoisotopic (exact) mass is 300 g/mol. The van der Waals surface area contributed by atoms with Gasteiger partial charge in [-0.05, 0) is 19.1 Å². The number of benzene rings is 1. The van der Waals surface area contributed by atoms with Crippen molar-refractivity contribution >= 4 is 16.9 Å². The van der Waals surface area contributed by atoms with Crippen LogP contribution in [0.25, 0.3) is 11.0 Å². The predicted octanol–water partition coefficient (Wildman–Crippen LogP) is 1.77. The summed E-state index contributed by atoms with van der Waals surface area (Å²) in [5, 5.41) is 7.69. The third kappa shape index (κ3) is 2.65. The van der Waals surface area contributed by atoms with E-state index < -0.39 is 0 Å². The Balaban J connectivity index is 1.74. The van der Waals surface area contributed by atoms with Gasteiger partial charge in [0.15, 0.2) is 5.76 Å². The molecule has 0 atom stereocenters. The fraction of sp³-hybridized carbons (Fsp3) is 0.267. The molecule has 2 heterocycles. The lowest BCUT2D eigenvalue weighted by Crippen LogP contribution is -2.27. The van der Waals surface area contributed by atoms with Crippen LogP contribution in [0, 0.1) is 6.92 Å². The predicted molar refractivity (Wildman–Crippen MR) is 79.9 cm³/mol. The Hall–Kier alpha value is -2.83. The quantitative estimate of drug-likeness (QED) is 0.776. The number of hydrogen-bond acceptors (Lipinski definition) is 5. The average Bonchev–Trinajstić information content (AvgIpc) is 3.15. The molecule has 0 aliphatic carbocycles. The highest BCUT2D eigenvalue weighted by molar-refractivity contribution is 5.99. The molecule has 1 N–H and O–H groups in total. The van der Waals surface area contributed by atoms with Crippen LogP contribution in [-0.4, -0.2) is 34.3 Å². The standard InChI is InChI=1S/C15H16N4O3/c1-10-12-4-3-11(21-2)7-13(12)22-14(10)15(20)17-5-6-19-9-16-8-18-19/h3-4,7-9H,5-6H2,1-2H3,(H,17,20). The summed E-state index contributed by atoms with van der Waals surface area (Å²) < 4.78 is 12.5. The van der Waals surface area contributed by atoms with Crippen molar-refractivity contribution in [1.29, 1.82) is 0 Å². The third-order valence-corrected chi connectivity index (χ3v) is 3.44. The van der Waals surface area contributed by atoms with Crippen molar-refractivity contribution in [2.45, 2.75) is 13.5 Å². The Labute approximate surface area is 126 Å². The summed E-state index contributed by atoms with van der Waals surface area (Å²) in [6.07, 6.45) is 3.06. The number of amides is 1. The summed E-state index contributed by atoms with van der Waals surface area (Å²) in [5.74, 6) is 0.772. The van der Waals surface area contributed by atoms with E-state index in [2.05, 4.69) is 15.4 Å². The maximum Gasteiger partial charge on any atom is 0.287 e. The van der Waals surface area contributed by atoms with E-state index in [1.165, 1.54) is 6.33 Å². The molecule has 2 aromatic heterocycles. The van der Waals surface area contributed by atoms with Gasteiger partial charge in [0.1, 0.15) is 24.0 Å². The maximum absolute atomic E-state index is 12.2. The molecule has 1 aromatic carbocycles. The lowest BCUT2D eigenvalue weighted by atomic mass is 10.1. The Morgan fingerprint density at radius 3 is 3.05 bits per heavy atom. The molecule has 114 valence electrons. The van der Waals surface area contributed by atoms with Crippen molar-refractivity contribution in [2.75, 3.05) is 13.7 Å². The molecule has 0 saturated carbocycles. The van der Waals surface area contributed by atoms with Crippen molar-refractivity contribution in [3.8, 4) is 5.75 Å². The van der Waals surface area contributed by atoms with Gasteiger partial charge >= 0.3 is 0 Å². The average molecular weight is 300 g/mol. The lowest BCUT2D eigenvalue weighted by Gasteiger charge is -2.03. The Kier molecular flexibility index (Phi) is 3.78. The first-order valence-corrected chi connectivity index (χ1v) is 6.87. The molecule has 7 heteroatoms. The number of fused-ring (bicyclic) bond motifs is 1. The number of aryl methyl sites for hydroxylation is 1. The summed E-state index contributed by atoms with van der Waals surface area (Å²) in [4.78, 5) is 16.1. The minimum absolute atomic E-state index is 0.243. The molecule has 7 nitrogen and oxygen atoms in total. The van der Waals surface area contributed by atoms with Crippen molar-refractivity contribution in [3.05, 3.63) is 42.2 Å². The van der Waals surface area contributed by atoms with Crippen LogP contribution >= 0.6 is 0 Å². The number of hydrogen-bond donors (Lipinski definition) is 1. The normalized spacial score (nSPS) is 10.8. The molecule has 0 bridgehead atoms. The van der Waals surface area contributed by atoms with E-state index in [1.54, 1.807) is 24.2 Å². The van der Waals surface area contributed by atoms with E-state index in [9.17, 15) is 4.79 Å². The van der Waals surface area contributed by atoms with E-state index >= 15 is 0 Å². The number of carbonyl (C=O) groups excluding carboxylic acids is 1. The van der Waals surface area contributed by atoms with E-state index in [0.717, 1.165) is 10.9 Å². The van der Waals surface area contributed by atoms with Gasteiger partial charge in [0.2, 0.25) is 0 Å². The van der Waals surface area contributed by atoms with Gasteiger partial charge in [-0.25, -0.2) is 4.98 Å². The molecule has 0 saturated heterocycles. The summed E-state index contributed by atoms with van der Waals surface area (Å²) in [6, 6.07) is 5.50. The van der Waals surface area contributed by atoms with Gasteiger partial charge in [-0.2, -0.15) is 5.10 Å². The van der Waals surface area contributed by atoms with Gasteiger partial charge in [-0.3, -0.25) is 9.48 Å². The largest absolute Gasteiger partial charge is 0.497 e. The van der Waals surface area contributed by atoms with Crippen LogP contribution in [0.3, 0.4) is 0 Å². The van der Waals surface area contributed by atoms with Crippen molar-refractivity contribution in [3.63, 3.8) is 0 Å². The summed E-state index contributed by atoms with van der Waals surface area (Å²) in [5.41, 5.74) is 1.45. The second kappa shape index (κ2) is 5.88. The number of carbonyl (C=O) groups is 1. The smallest absolute Gasteiger partial charge is 0.287 e. The zero-order chi connectivity index (χ0) is 15.5. The molecule has 0 radical (unpaired) electrons. The van der Waals surface area contributed by atoms with Gasteiger partial charge < -0.3 is 14.5 Å². The fourth-order valence-corrected chi connectivity index (χ4v) is 2.26. The number of furan rings is 1. The number of aromatic nitrogens is 3. The minimum atomic E-state index is -0.243. The van der Waals surface area contributed by atoms with Gasteiger partial charge in [-0.15, -0.1) is 0 Å². The molecular formula is C15H16N4O3. The number of nitrogens with one attached hydrogen (secondary N) is 1. The van der Waals surface area contributed by atoms with Gasteiger partial charge in [-0.1, -0.05) is 0 Å². The molecule has 1 amide bonds. The maximum atomic E-state index is 12.2. The summed E-state index contributed by atoms with van der Waals surface area (Å²) in [7, 11) is 1.59. The number of ether oxygens (including phenoxy) is 1. The van der Waals surface area contributed by atoms with Crippen LogP contribution in [0.2, 0.25) is 0 Å². The first kappa shape index (κ1) is 14.1. The Morgan fingerprint density at radius 2 is 2.32 bits per heavy atom. The SMILES string of the molecule is COc1ccc2c(C)c(C(=O)NCCn3cncn3)oc2c1. The van der Waals surface area contributed by atoms with Crippen LogP contribution in [0.1, 0.15) is 16.1 Å². The molecule has 0 aliphatic heterocycles. The first-order chi connectivity index (χ1) is 10.7. The number of rotatable bonds is 5. The second-order valence-corrected chi connectivity index (χ2v) is 4.83. The van der Waals surface area contributed by atoms with Crippen LogP contribution in [-0.2, 0) is 6.54 Å². The van der Waals surface area contributed by atoms with E-state index in [4.69, 9.17) is 9.15 Å². The molecule has 22 heavy (non-hydrogen) atoms. The highest BCUT2D eigenvalue weighted by atomic mass is 16.5. The highest BCUT2D eigenvalue weighted by Gasteiger charge is 2.17. The van der Waals surface area contributed by atoms with E-state index in [-0.39, 0.29) is 5.91 Å². The first-order valence-electron chi connectivity index (χ1n) is 6.87. The summed E-state index contributed by atoms with van der Waals surface area (Å²) >= 11 is 0. The van der Waals surface area contributed by atoms with Crippen molar-refractivity contribution in [1.82, 2.24) is 20.1 Å². The van der Waals surface area contributed by atoms with Crippen molar-refractivity contribution in [2.24, 2.45) is 0 Å². The van der Waals surface area contributed by atoms with Crippen LogP contribution < -0.4 is 10.1 Å².